The minimum atomic E-state index is -0.316. The number of hydrogen-bond donors (Lipinski definition) is 3. The fourth-order valence-corrected chi connectivity index (χ4v) is 2.22. The number of hydrogen-bond acceptors (Lipinski definition) is 4. The summed E-state index contributed by atoms with van der Waals surface area (Å²) < 4.78 is 0. The quantitative estimate of drug-likeness (QED) is 0.635. The maximum atomic E-state index is 12.2. The molecule has 0 spiro atoms. The predicted octanol–water partition coefficient (Wildman–Crippen LogP) is -0.691. The Labute approximate surface area is 115 Å². The Morgan fingerprint density at radius 1 is 1.37 bits per heavy atom. The second kappa shape index (κ2) is 6.34. The molecule has 6 nitrogen and oxygen atoms in total. The summed E-state index contributed by atoms with van der Waals surface area (Å²) in [6.45, 7) is 9.76. The molecular weight excluding hydrogens is 244 g/mol. The van der Waals surface area contributed by atoms with Gasteiger partial charge in [-0.25, -0.2) is 0 Å². The molecular formula is C13H26N4O2. The molecule has 110 valence electrons. The molecule has 0 aliphatic carbocycles. The van der Waals surface area contributed by atoms with E-state index in [9.17, 15) is 9.59 Å². The van der Waals surface area contributed by atoms with Gasteiger partial charge in [-0.1, -0.05) is 0 Å². The van der Waals surface area contributed by atoms with Crippen molar-refractivity contribution in [3.05, 3.63) is 0 Å². The first-order chi connectivity index (χ1) is 8.76. The summed E-state index contributed by atoms with van der Waals surface area (Å²) in [6.07, 6.45) is 0. The number of likely N-dealkylation sites (N-methyl/N-ethyl adjacent to an activating group) is 1. The Balaban J connectivity index is 2.74. The first-order valence-electron chi connectivity index (χ1n) is 6.76. The van der Waals surface area contributed by atoms with Crippen molar-refractivity contribution in [3.63, 3.8) is 0 Å². The van der Waals surface area contributed by atoms with E-state index in [4.69, 9.17) is 0 Å². The SMILES string of the molecule is CNC(=O)C1CNCCN1C(C)C(=O)NC(C)(C)C. The Bertz CT molecular complexity index is 338. The second-order valence-electron chi connectivity index (χ2n) is 5.99. The van der Waals surface area contributed by atoms with Gasteiger partial charge in [-0.15, -0.1) is 0 Å². The summed E-state index contributed by atoms with van der Waals surface area (Å²) in [5.74, 6) is -0.0917. The molecule has 6 heteroatoms. The number of nitrogens with one attached hydrogen (secondary N) is 3. The topological polar surface area (TPSA) is 73.5 Å². The van der Waals surface area contributed by atoms with E-state index in [1.54, 1.807) is 7.05 Å². The molecule has 0 aromatic heterocycles. The molecule has 0 radical (unpaired) electrons. The van der Waals surface area contributed by atoms with Crippen LogP contribution in [-0.2, 0) is 9.59 Å². The molecule has 3 N–H and O–H groups in total. The molecule has 0 saturated carbocycles. The molecule has 1 saturated heterocycles. The van der Waals surface area contributed by atoms with E-state index in [2.05, 4.69) is 16.0 Å². The van der Waals surface area contributed by atoms with Gasteiger partial charge in [0.25, 0.3) is 0 Å². The highest BCUT2D eigenvalue weighted by Crippen LogP contribution is 2.11. The van der Waals surface area contributed by atoms with E-state index in [-0.39, 0.29) is 29.4 Å². The third kappa shape index (κ3) is 4.47. The lowest BCUT2D eigenvalue weighted by atomic mass is 10.1. The van der Waals surface area contributed by atoms with E-state index < -0.39 is 0 Å². The van der Waals surface area contributed by atoms with E-state index in [0.717, 1.165) is 6.54 Å². The van der Waals surface area contributed by atoms with Crippen LogP contribution < -0.4 is 16.0 Å². The Morgan fingerprint density at radius 2 is 2.00 bits per heavy atom. The van der Waals surface area contributed by atoms with Crippen LogP contribution >= 0.6 is 0 Å². The fraction of sp³-hybridized carbons (Fsp3) is 0.846. The maximum Gasteiger partial charge on any atom is 0.238 e. The Kier molecular flexibility index (Phi) is 5.31. The summed E-state index contributed by atoms with van der Waals surface area (Å²) in [6, 6.07) is -0.608. The summed E-state index contributed by atoms with van der Waals surface area (Å²) >= 11 is 0. The number of amides is 2. The van der Waals surface area contributed by atoms with Gasteiger partial charge in [0.1, 0.15) is 6.04 Å². The lowest BCUT2D eigenvalue weighted by Crippen LogP contribution is -2.63. The highest BCUT2D eigenvalue weighted by molar-refractivity contribution is 5.85. The smallest absolute Gasteiger partial charge is 0.238 e. The monoisotopic (exact) mass is 270 g/mol. The number of carbonyl (C=O) groups excluding carboxylic acids is 2. The number of piperazine rings is 1. The molecule has 2 atom stereocenters. The number of nitrogens with zero attached hydrogens (tertiary/aromatic N) is 1. The predicted molar refractivity (Wildman–Crippen MR) is 74.8 cm³/mol. The van der Waals surface area contributed by atoms with Crippen molar-refractivity contribution >= 4 is 11.8 Å². The average Bonchev–Trinajstić information content (AvgIpc) is 2.35. The van der Waals surface area contributed by atoms with E-state index >= 15 is 0 Å². The lowest BCUT2D eigenvalue weighted by Gasteiger charge is -2.39. The molecule has 19 heavy (non-hydrogen) atoms. The van der Waals surface area contributed by atoms with Crippen LogP contribution in [0.25, 0.3) is 0 Å². The van der Waals surface area contributed by atoms with Crippen molar-refractivity contribution in [1.82, 2.24) is 20.9 Å². The van der Waals surface area contributed by atoms with Crippen LogP contribution in [-0.4, -0.2) is 61.0 Å². The van der Waals surface area contributed by atoms with E-state index in [0.29, 0.717) is 13.1 Å². The number of carbonyl (C=O) groups is 2. The third-order valence-corrected chi connectivity index (χ3v) is 3.21. The highest BCUT2D eigenvalue weighted by atomic mass is 16.2. The van der Waals surface area contributed by atoms with Crippen molar-refractivity contribution in [1.29, 1.82) is 0 Å². The van der Waals surface area contributed by atoms with Crippen LogP contribution in [0.4, 0.5) is 0 Å². The Hall–Kier alpha value is -1.14. The fourth-order valence-electron chi connectivity index (χ4n) is 2.22. The van der Waals surface area contributed by atoms with Crippen molar-refractivity contribution < 1.29 is 9.59 Å². The van der Waals surface area contributed by atoms with Crippen LogP contribution in [0, 0.1) is 0 Å². The van der Waals surface area contributed by atoms with E-state index in [1.807, 2.05) is 32.6 Å². The molecule has 0 aromatic carbocycles. The second-order valence-corrected chi connectivity index (χ2v) is 5.99. The molecule has 0 aromatic rings. The van der Waals surface area contributed by atoms with Gasteiger partial charge in [0.15, 0.2) is 0 Å². The van der Waals surface area contributed by atoms with Crippen molar-refractivity contribution in [3.8, 4) is 0 Å². The summed E-state index contributed by atoms with van der Waals surface area (Å²) in [7, 11) is 1.62. The zero-order valence-corrected chi connectivity index (χ0v) is 12.5. The van der Waals surface area contributed by atoms with Crippen molar-refractivity contribution in [2.75, 3.05) is 26.7 Å². The van der Waals surface area contributed by atoms with Crippen LogP contribution in [0.1, 0.15) is 27.7 Å². The van der Waals surface area contributed by atoms with Gasteiger partial charge in [0.2, 0.25) is 11.8 Å². The van der Waals surface area contributed by atoms with Crippen molar-refractivity contribution in [2.24, 2.45) is 0 Å². The van der Waals surface area contributed by atoms with Gasteiger partial charge in [0, 0.05) is 32.2 Å². The molecule has 1 rings (SSSR count). The third-order valence-electron chi connectivity index (χ3n) is 3.21. The van der Waals surface area contributed by atoms with Crippen molar-refractivity contribution in [2.45, 2.75) is 45.3 Å². The summed E-state index contributed by atoms with van der Waals surface area (Å²) in [5, 5.41) is 8.80. The normalized spacial score (nSPS) is 22.7. The minimum absolute atomic E-state index is 0.0386. The molecule has 1 heterocycles. The van der Waals surface area contributed by atoms with Crippen LogP contribution in [0.2, 0.25) is 0 Å². The zero-order valence-electron chi connectivity index (χ0n) is 12.5. The average molecular weight is 270 g/mol. The van der Waals surface area contributed by atoms with Gasteiger partial charge in [-0.2, -0.15) is 0 Å². The first kappa shape index (κ1) is 15.9. The molecule has 2 amide bonds. The van der Waals surface area contributed by atoms with Gasteiger partial charge in [0.05, 0.1) is 6.04 Å². The largest absolute Gasteiger partial charge is 0.358 e. The Morgan fingerprint density at radius 3 is 2.53 bits per heavy atom. The number of rotatable bonds is 3. The first-order valence-corrected chi connectivity index (χ1v) is 6.76. The molecule has 1 aliphatic heterocycles. The zero-order chi connectivity index (χ0) is 14.6. The van der Waals surface area contributed by atoms with Gasteiger partial charge in [-0.05, 0) is 27.7 Å². The summed E-state index contributed by atoms with van der Waals surface area (Å²) in [5.41, 5.74) is -0.262. The lowest BCUT2D eigenvalue weighted by molar-refractivity contribution is -0.133. The molecule has 1 aliphatic rings. The van der Waals surface area contributed by atoms with Crippen LogP contribution in [0.5, 0.6) is 0 Å². The molecule has 1 fully saturated rings. The van der Waals surface area contributed by atoms with Crippen LogP contribution in [0.15, 0.2) is 0 Å². The molecule has 0 bridgehead atoms. The summed E-state index contributed by atoms with van der Waals surface area (Å²) in [4.78, 5) is 26.0. The van der Waals surface area contributed by atoms with Gasteiger partial charge >= 0.3 is 0 Å². The van der Waals surface area contributed by atoms with E-state index in [1.165, 1.54) is 0 Å². The van der Waals surface area contributed by atoms with Gasteiger partial charge in [-0.3, -0.25) is 14.5 Å². The molecule has 2 unspecified atom stereocenters. The minimum Gasteiger partial charge on any atom is -0.358 e. The van der Waals surface area contributed by atoms with Crippen LogP contribution in [0.3, 0.4) is 0 Å². The maximum absolute atomic E-state index is 12.2. The van der Waals surface area contributed by atoms with Gasteiger partial charge < -0.3 is 16.0 Å². The highest BCUT2D eigenvalue weighted by Gasteiger charge is 2.34. The standard InChI is InChI=1S/C13H26N4O2/c1-9(11(18)16-13(2,3)4)17-7-6-15-8-10(17)12(19)14-5/h9-10,15H,6-8H2,1-5H3,(H,14,19)(H,16,18).